The van der Waals surface area contributed by atoms with Crippen LogP contribution in [0.15, 0.2) is 36.4 Å². The van der Waals surface area contributed by atoms with Crippen molar-refractivity contribution >= 4 is 11.4 Å². The fourth-order valence-corrected chi connectivity index (χ4v) is 4.05. The van der Waals surface area contributed by atoms with Crippen molar-refractivity contribution in [2.45, 2.75) is 52.4 Å². The average Bonchev–Trinajstić information content (AvgIpc) is 2.62. The minimum atomic E-state index is -0.274. The summed E-state index contributed by atoms with van der Waals surface area (Å²) in [5, 5.41) is 21.6. The first kappa shape index (κ1) is 20.4. The highest BCUT2D eigenvalue weighted by atomic mass is 16.3. The van der Waals surface area contributed by atoms with E-state index in [1.807, 2.05) is 6.07 Å². The summed E-state index contributed by atoms with van der Waals surface area (Å²) in [4.78, 5) is 4.76. The molecule has 0 unspecified atom stereocenters. The van der Waals surface area contributed by atoms with Crippen molar-refractivity contribution in [3.05, 3.63) is 47.5 Å². The Bertz CT molecular complexity index is 824. The SMILES string of the molecule is CC(C)(C)c1cc(N2CCN(c3ccccc3)CC2)c(C(C)(C)C)c(O)c1O. The first-order chi connectivity index (χ1) is 13.0. The maximum atomic E-state index is 10.9. The van der Waals surface area contributed by atoms with Gasteiger partial charge in [-0.05, 0) is 29.0 Å². The van der Waals surface area contributed by atoms with Crippen molar-refractivity contribution in [3.8, 4) is 11.5 Å². The Morgan fingerprint density at radius 1 is 0.714 bits per heavy atom. The number of benzene rings is 2. The van der Waals surface area contributed by atoms with Crippen LogP contribution in [0.4, 0.5) is 11.4 Å². The Morgan fingerprint density at radius 3 is 1.75 bits per heavy atom. The van der Waals surface area contributed by atoms with Crippen molar-refractivity contribution < 1.29 is 10.2 Å². The van der Waals surface area contributed by atoms with Crippen LogP contribution >= 0.6 is 0 Å². The molecule has 4 heteroatoms. The first-order valence-corrected chi connectivity index (χ1v) is 10.1. The highest BCUT2D eigenvalue weighted by molar-refractivity contribution is 5.70. The number of phenols is 2. The molecule has 1 fully saturated rings. The number of rotatable bonds is 2. The second-order valence-electron chi connectivity index (χ2n) is 9.83. The molecule has 0 aromatic heterocycles. The molecule has 0 radical (unpaired) electrons. The molecule has 0 bridgehead atoms. The molecule has 3 rings (SSSR count). The minimum absolute atomic E-state index is 0.0177. The van der Waals surface area contributed by atoms with Crippen LogP contribution in [0.1, 0.15) is 52.7 Å². The average molecular weight is 383 g/mol. The minimum Gasteiger partial charge on any atom is -0.504 e. The van der Waals surface area contributed by atoms with Crippen molar-refractivity contribution in [3.63, 3.8) is 0 Å². The van der Waals surface area contributed by atoms with Gasteiger partial charge in [-0.2, -0.15) is 0 Å². The lowest BCUT2D eigenvalue weighted by molar-refractivity contribution is 0.376. The van der Waals surface area contributed by atoms with E-state index in [9.17, 15) is 10.2 Å². The molecule has 152 valence electrons. The van der Waals surface area contributed by atoms with Crippen LogP contribution in [0.5, 0.6) is 11.5 Å². The third-order valence-electron chi connectivity index (χ3n) is 5.55. The molecule has 0 amide bonds. The lowest BCUT2D eigenvalue weighted by Gasteiger charge is -2.40. The van der Waals surface area contributed by atoms with Gasteiger partial charge in [-0.25, -0.2) is 0 Å². The fourth-order valence-electron chi connectivity index (χ4n) is 4.05. The van der Waals surface area contributed by atoms with E-state index in [1.54, 1.807) is 0 Å². The highest BCUT2D eigenvalue weighted by Crippen LogP contribution is 2.48. The number of anilines is 2. The molecule has 0 saturated carbocycles. The standard InChI is InChI=1S/C24H34N2O2/c1-23(2,3)18-16-19(20(24(4,5)6)22(28)21(18)27)26-14-12-25(13-15-26)17-10-8-7-9-11-17/h7-11,16,27-28H,12-15H2,1-6H3. The van der Waals surface area contributed by atoms with Crippen molar-refractivity contribution in [1.82, 2.24) is 0 Å². The zero-order valence-corrected chi connectivity index (χ0v) is 18.1. The maximum absolute atomic E-state index is 10.9. The molecule has 2 aromatic carbocycles. The van der Waals surface area contributed by atoms with Gasteiger partial charge in [0, 0.05) is 48.7 Å². The summed E-state index contributed by atoms with van der Waals surface area (Å²) in [5.41, 5.74) is 3.38. The summed E-state index contributed by atoms with van der Waals surface area (Å²) in [6.45, 7) is 16.1. The Labute approximate surface area is 169 Å². The van der Waals surface area contributed by atoms with Gasteiger partial charge < -0.3 is 20.0 Å². The number of nitrogens with zero attached hydrogens (tertiary/aromatic N) is 2. The predicted molar refractivity (Wildman–Crippen MR) is 118 cm³/mol. The van der Waals surface area contributed by atoms with Crippen molar-refractivity contribution in [1.29, 1.82) is 0 Å². The van der Waals surface area contributed by atoms with E-state index in [1.165, 1.54) is 5.69 Å². The number of aromatic hydroxyl groups is 2. The van der Waals surface area contributed by atoms with Gasteiger partial charge in [0.2, 0.25) is 0 Å². The summed E-state index contributed by atoms with van der Waals surface area (Å²) in [5.74, 6) is 0.0458. The maximum Gasteiger partial charge on any atom is 0.163 e. The molecule has 1 aliphatic rings. The fraction of sp³-hybridized carbons (Fsp3) is 0.500. The third-order valence-corrected chi connectivity index (χ3v) is 5.55. The molecule has 4 nitrogen and oxygen atoms in total. The first-order valence-electron chi connectivity index (χ1n) is 10.1. The summed E-state index contributed by atoms with van der Waals surface area (Å²) in [6.07, 6.45) is 0. The Hall–Kier alpha value is -2.36. The Morgan fingerprint density at radius 2 is 1.25 bits per heavy atom. The smallest absolute Gasteiger partial charge is 0.163 e. The summed E-state index contributed by atoms with van der Waals surface area (Å²) in [6, 6.07) is 12.6. The molecule has 1 saturated heterocycles. The largest absolute Gasteiger partial charge is 0.504 e. The molecule has 2 aromatic rings. The zero-order valence-electron chi connectivity index (χ0n) is 18.1. The summed E-state index contributed by atoms with van der Waals surface area (Å²) in [7, 11) is 0. The topological polar surface area (TPSA) is 46.9 Å². The van der Waals surface area contributed by atoms with Gasteiger partial charge in [-0.3, -0.25) is 0 Å². The van der Waals surface area contributed by atoms with Crippen LogP contribution in [0.3, 0.4) is 0 Å². The number of phenolic OH excluding ortho intramolecular Hbond substituents is 2. The molecule has 1 aliphatic heterocycles. The van der Waals surface area contributed by atoms with E-state index in [-0.39, 0.29) is 22.3 Å². The van der Waals surface area contributed by atoms with Gasteiger partial charge in [0.1, 0.15) is 0 Å². The number of para-hydroxylation sites is 1. The number of hydrogen-bond donors (Lipinski definition) is 2. The van der Waals surface area contributed by atoms with E-state index in [2.05, 4.69) is 81.7 Å². The van der Waals surface area contributed by atoms with Gasteiger partial charge in [0.25, 0.3) is 0 Å². The highest BCUT2D eigenvalue weighted by Gasteiger charge is 2.32. The summed E-state index contributed by atoms with van der Waals surface area (Å²) >= 11 is 0. The van der Waals surface area contributed by atoms with E-state index in [4.69, 9.17) is 0 Å². The van der Waals surface area contributed by atoms with Gasteiger partial charge in [-0.15, -0.1) is 0 Å². The van der Waals surface area contributed by atoms with Crippen LogP contribution in [-0.2, 0) is 10.8 Å². The second-order valence-corrected chi connectivity index (χ2v) is 9.83. The number of hydrogen-bond acceptors (Lipinski definition) is 4. The Kier molecular flexibility index (Phi) is 5.26. The van der Waals surface area contributed by atoms with E-state index < -0.39 is 0 Å². The lowest BCUT2D eigenvalue weighted by atomic mass is 9.79. The number of piperazine rings is 1. The van der Waals surface area contributed by atoms with Gasteiger partial charge in [-0.1, -0.05) is 59.7 Å². The van der Waals surface area contributed by atoms with E-state index in [0.29, 0.717) is 0 Å². The third kappa shape index (κ3) is 3.91. The molecular formula is C24H34N2O2. The van der Waals surface area contributed by atoms with E-state index in [0.717, 1.165) is 43.0 Å². The van der Waals surface area contributed by atoms with Crippen molar-refractivity contribution in [2.24, 2.45) is 0 Å². The lowest BCUT2D eigenvalue weighted by Crippen LogP contribution is -2.47. The van der Waals surface area contributed by atoms with Crippen LogP contribution in [0.2, 0.25) is 0 Å². The molecule has 0 spiro atoms. The quantitative estimate of drug-likeness (QED) is 0.716. The van der Waals surface area contributed by atoms with E-state index >= 15 is 0 Å². The summed E-state index contributed by atoms with van der Waals surface area (Å²) < 4.78 is 0. The molecule has 0 aliphatic carbocycles. The van der Waals surface area contributed by atoms with Crippen LogP contribution in [-0.4, -0.2) is 36.4 Å². The van der Waals surface area contributed by atoms with Gasteiger partial charge in [0.05, 0.1) is 0 Å². The molecule has 28 heavy (non-hydrogen) atoms. The molecule has 2 N–H and O–H groups in total. The van der Waals surface area contributed by atoms with Crippen LogP contribution in [0, 0.1) is 0 Å². The predicted octanol–water partition coefficient (Wildman–Crippen LogP) is 5.02. The normalized spacial score (nSPS) is 15.8. The second kappa shape index (κ2) is 7.23. The Balaban J connectivity index is 1.98. The van der Waals surface area contributed by atoms with Gasteiger partial charge >= 0.3 is 0 Å². The van der Waals surface area contributed by atoms with Crippen molar-refractivity contribution in [2.75, 3.05) is 36.0 Å². The van der Waals surface area contributed by atoms with Crippen LogP contribution < -0.4 is 9.80 Å². The molecule has 1 heterocycles. The van der Waals surface area contributed by atoms with Gasteiger partial charge in [0.15, 0.2) is 11.5 Å². The monoisotopic (exact) mass is 382 g/mol. The zero-order chi connectivity index (χ0) is 20.7. The molecule has 0 atom stereocenters. The molecular weight excluding hydrogens is 348 g/mol. The van der Waals surface area contributed by atoms with Crippen LogP contribution in [0.25, 0.3) is 0 Å².